The van der Waals surface area contributed by atoms with Gasteiger partial charge in [-0.05, 0) is 35.9 Å². The summed E-state index contributed by atoms with van der Waals surface area (Å²) in [5.74, 6) is 0.814. The minimum Gasteiger partial charge on any atom is -0.489 e. The van der Waals surface area contributed by atoms with Crippen molar-refractivity contribution in [3.05, 3.63) is 95.9 Å². The Morgan fingerprint density at radius 3 is 2.61 bits per heavy atom. The Kier molecular flexibility index (Phi) is 5.12. The quantitative estimate of drug-likeness (QED) is 0.536. The summed E-state index contributed by atoms with van der Waals surface area (Å²) in [4.78, 5) is 8.43. The van der Waals surface area contributed by atoms with Crippen molar-refractivity contribution in [2.45, 2.75) is 13.2 Å². The van der Waals surface area contributed by atoms with Crippen LogP contribution < -0.4 is 10.1 Å². The third-order valence-electron chi connectivity index (χ3n) is 4.37. The Morgan fingerprint density at radius 2 is 1.82 bits per heavy atom. The number of para-hydroxylation sites is 1. The number of rotatable bonds is 6. The van der Waals surface area contributed by atoms with E-state index >= 15 is 0 Å². The maximum atomic E-state index is 9.21. The molecule has 136 valence electrons. The van der Waals surface area contributed by atoms with E-state index in [0.717, 1.165) is 33.5 Å². The molecule has 0 atom stereocenters. The Bertz CT molecular complexity index is 1120. The molecule has 0 aliphatic carbocycles. The van der Waals surface area contributed by atoms with Crippen molar-refractivity contribution < 1.29 is 4.74 Å². The lowest BCUT2D eigenvalue weighted by molar-refractivity contribution is 0.305. The summed E-state index contributed by atoms with van der Waals surface area (Å²) in [6.45, 7) is 1.13. The number of nitrogens with one attached hydrogen (secondary N) is 1. The molecule has 2 aromatic heterocycles. The Labute approximate surface area is 163 Å². The van der Waals surface area contributed by atoms with Crippen LogP contribution in [0, 0.1) is 11.3 Å². The number of nitriles is 1. The molecule has 0 fully saturated rings. The number of hydrogen-bond acceptors (Lipinski definition) is 5. The average Bonchev–Trinajstić information content (AvgIpc) is 2.77. The largest absolute Gasteiger partial charge is 0.489 e. The molecule has 0 unspecified atom stereocenters. The lowest BCUT2D eigenvalue weighted by Gasteiger charge is -2.11. The molecule has 0 saturated heterocycles. The highest BCUT2D eigenvalue weighted by Crippen LogP contribution is 2.24. The normalized spacial score (nSPS) is 10.4. The summed E-state index contributed by atoms with van der Waals surface area (Å²) >= 11 is 0. The molecular weight excluding hydrogens is 348 g/mol. The van der Waals surface area contributed by atoms with E-state index in [2.05, 4.69) is 21.4 Å². The first-order chi connectivity index (χ1) is 13.8. The SMILES string of the molecule is N#Cc1cc(NCc2ccc(OCc3cccnc3)cc2)c2ccccc2n1. The molecule has 0 aliphatic heterocycles. The predicted octanol–water partition coefficient (Wildman–Crippen LogP) is 4.69. The summed E-state index contributed by atoms with van der Waals surface area (Å²) in [5, 5.41) is 13.6. The molecule has 2 aromatic carbocycles. The van der Waals surface area contributed by atoms with E-state index in [4.69, 9.17) is 4.74 Å². The van der Waals surface area contributed by atoms with E-state index in [1.807, 2.05) is 60.7 Å². The molecule has 0 amide bonds. The Balaban J connectivity index is 1.43. The maximum absolute atomic E-state index is 9.21. The zero-order valence-electron chi connectivity index (χ0n) is 15.2. The van der Waals surface area contributed by atoms with Gasteiger partial charge in [-0.25, -0.2) is 4.98 Å². The van der Waals surface area contributed by atoms with Crippen molar-refractivity contribution in [2.75, 3.05) is 5.32 Å². The molecule has 0 saturated carbocycles. The number of benzene rings is 2. The molecule has 1 N–H and O–H groups in total. The summed E-state index contributed by atoms with van der Waals surface area (Å²) in [6.07, 6.45) is 3.55. The lowest BCUT2D eigenvalue weighted by Crippen LogP contribution is -2.02. The van der Waals surface area contributed by atoms with E-state index in [9.17, 15) is 5.26 Å². The van der Waals surface area contributed by atoms with Gasteiger partial charge in [0.2, 0.25) is 0 Å². The van der Waals surface area contributed by atoms with Crippen LogP contribution in [0.1, 0.15) is 16.8 Å². The van der Waals surface area contributed by atoms with Crippen LogP contribution in [0.4, 0.5) is 5.69 Å². The molecule has 0 aliphatic rings. The second-order valence-corrected chi connectivity index (χ2v) is 6.33. The van der Waals surface area contributed by atoms with Crippen molar-refractivity contribution in [2.24, 2.45) is 0 Å². The highest BCUT2D eigenvalue weighted by Gasteiger charge is 2.05. The van der Waals surface area contributed by atoms with Gasteiger partial charge in [0.25, 0.3) is 0 Å². The number of nitrogens with zero attached hydrogens (tertiary/aromatic N) is 3. The molecule has 2 heterocycles. The van der Waals surface area contributed by atoms with Crippen molar-refractivity contribution in [1.82, 2.24) is 9.97 Å². The van der Waals surface area contributed by atoms with E-state index in [0.29, 0.717) is 18.8 Å². The monoisotopic (exact) mass is 366 g/mol. The third-order valence-corrected chi connectivity index (χ3v) is 4.37. The van der Waals surface area contributed by atoms with Crippen LogP contribution in [-0.2, 0) is 13.2 Å². The van der Waals surface area contributed by atoms with Gasteiger partial charge < -0.3 is 10.1 Å². The molecule has 0 spiro atoms. The lowest BCUT2D eigenvalue weighted by atomic mass is 10.1. The standard InChI is InChI=1S/C23H18N4O/c24-13-19-12-23(21-5-1-2-6-22(21)27-19)26-15-17-7-9-20(10-8-17)28-16-18-4-3-11-25-14-18/h1-12,14H,15-16H2,(H,26,27). The Hall–Kier alpha value is -3.91. The summed E-state index contributed by atoms with van der Waals surface area (Å²) in [5.41, 5.74) is 4.27. The van der Waals surface area contributed by atoms with Crippen LogP contribution in [0.15, 0.2) is 79.1 Å². The maximum Gasteiger partial charge on any atom is 0.143 e. The zero-order valence-corrected chi connectivity index (χ0v) is 15.2. The van der Waals surface area contributed by atoms with Crippen LogP contribution in [0.5, 0.6) is 5.75 Å². The highest BCUT2D eigenvalue weighted by molar-refractivity contribution is 5.91. The van der Waals surface area contributed by atoms with Crippen LogP contribution >= 0.6 is 0 Å². The minimum atomic E-state index is 0.403. The number of anilines is 1. The third kappa shape index (κ3) is 4.08. The fourth-order valence-electron chi connectivity index (χ4n) is 2.93. The topological polar surface area (TPSA) is 70.8 Å². The van der Waals surface area contributed by atoms with E-state index < -0.39 is 0 Å². The number of ether oxygens (including phenoxy) is 1. The first-order valence-corrected chi connectivity index (χ1v) is 8.96. The van der Waals surface area contributed by atoms with Gasteiger partial charge in [-0.3, -0.25) is 4.98 Å². The van der Waals surface area contributed by atoms with Crippen LogP contribution in [-0.4, -0.2) is 9.97 Å². The van der Waals surface area contributed by atoms with Gasteiger partial charge in [0.15, 0.2) is 0 Å². The molecule has 28 heavy (non-hydrogen) atoms. The van der Waals surface area contributed by atoms with Gasteiger partial charge >= 0.3 is 0 Å². The predicted molar refractivity (Wildman–Crippen MR) is 109 cm³/mol. The second-order valence-electron chi connectivity index (χ2n) is 6.33. The van der Waals surface area contributed by atoms with Gasteiger partial charge in [0, 0.05) is 35.6 Å². The summed E-state index contributed by atoms with van der Waals surface area (Å²) in [6, 6.07) is 23.6. The molecule has 4 rings (SSSR count). The number of pyridine rings is 2. The second kappa shape index (κ2) is 8.19. The number of fused-ring (bicyclic) bond motifs is 1. The van der Waals surface area contributed by atoms with Gasteiger partial charge in [-0.2, -0.15) is 5.26 Å². The van der Waals surface area contributed by atoms with Crippen molar-refractivity contribution >= 4 is 16.6 Å². The summed E-state index contributed by atoms with van der Waals surface area (Å²) in [7, 11) is 0. The minimum absolute atomic E-state index is 0.403. The smallest absolute Gasteiger partial charge is 0.143 e. The van der Waals surface area contributed by atoms with Crippen LogP contribution in [0.25, 0.3) is 10.9 Å². The van der Waals surface area contributed by atoms with E-state index in [1.165, 1.54) is 0 Å². The van der Waals surface area contributed by atoms with Gasteiger partial charge in [0.1, 0.15) is 24.1 Å². The highest BCUT2D eigenvalue weighted by atomic mass is 16.5. The molecule has 5 nitrogen and oxygen atoms in total. The van der Waals surface area contributed by atoms with Gasteiger partial charge in [0.05, 0.1) is 5.52 Å². The number of aromatic nitrogens is 2. The average molecular weight is 366 g/mol. The zero-order chi connectivity index (χ0) is 19.2. The van der Waals surface area contributed by atoms with Gasteiger partial charge in [-0.1, -0.05) is 36.4 Å². The number of hydrogen-bond donors (Lipinski definition) is 1. The fraction of sp³-hybridized carbons (Fsp3) is 0.0870. The molecule has 4 aromatic rings. The van der Waals surface area contributed by atoms with Crippen molar-refractivity contribution in [3.8, 4) is 11.8 Å². The molecule has 0 bridgehead atoms. The molecule has 5 heteroatoms. The van der Waals surface area contributed by atoms with Crippen LogP contribution in [0.3, 0.4) is 0 Å². The van der Waals surface area contributed by atoms with E-state index in [-0.39, 0.29) is 0 Å². The first-order valence-electron chi connectivity index (χ1n) is 8.96. The fourth-order valence-corrected chi connectivity index (χ4v) is 2.93. The summed E-state index contributed by atoms with van der Waals surface area (Å²) < 4.78 is 5.79. The molecular formula is C23H18N4O. The van der Waals surface area contributed by atoms with E-state index in [1.54, 1.807) is 18.5 Å². The van der Waals surface area contributed by atoms with Crippen molar-refractivity contribution in [3.63, 3.8) is 0 Å². The Morgan fingerprint density at radius 1 is 0.964 bits per heavy atom. The molecule has 0 radical (unpaired) electrons. The van der Waals surface area contributed by atoms with Crippen LogP contribution in [0.2, 0.25) is 0 Å². The first kappa shape index (κ1) is 17.5. The van der Waals surface area contributed by atoms with Gasteiger partial charge in [-0.15, -0.1) is 0 Å². The van der Waals surface area contributed by atoms with Crippen molar-refractivity contribution in [1.29, 1.82) is 5.26 Å².